The van der Waals surface area contributed by atoms with Gasteiger partial charge in [-0.05, 0) is 58.9 Å². The van der Waals surface area contributed by atoms with Crippen molar-refractivity contribution in [3.05, 3.63) is 105 Å². The second kappa shape index (κ2) is 9.81. The molecule has 0 bridgehead atoms. The van der Waals surface area contributed by atoms with Gasteiger partial charge in [0.25, 0.3) is 5.91 Å². The van der Waals surface area contributed by atoms with E-state index < -0.39 is 5.82 Å². The maximum absolute atomic E-state index is 13.7. The third-order valence-electron chi connectivity index (χ3n) is 5.99. The van der Waals surface area contributed by atoms with Crippen LogP contribution in [0.4, 0.5) is 4.39 Å². The zero-order chi connectivity index (χ0) is 24.5. The first-order chi connectivity index (χ1) is 16.1. The van der Waals surface area contributed by atoms with Gasteiger partial charge in [-0.15, -0.1) is 0 Å². The predicted octanol–water partition coefficient (Wildman–Crippen LogP) is 7.80. The molecule has 0 spiro atoms. The molecular formula is C28H27Cl2FN2O. The van der Waals surface area contributed by atoms with E-state index >= 15 is 0 Å². The monoisotopic (exact) mass is 496 g/mol. The second-order valence-electron chi connectivity index (χ2n) is 9.57. The minimum atomic E-state index is -0.453. The third kappa shape index (κ3) is 5.45. The van der Waals surface area contributed by atoms with Crippen LogP contribution < -0.4 is 0 Å². The molecule has 1 aromatic heterocycles. The molecule has 3 aromatic carbocycles. The predicted molar refractivity (Wildman–Crippen MR) is 138 cm³/mol. The number of nitrogens with one attached hydrogen (secondary N) is 1. The summed E-state index contributed by atoms with van der Waals surface area (Å²) in [6, 6.07) is 18.5. The van der Waals surface area contributed by atoms with Gasteiger partial charge >= 0.3 is 0 Å². The van der Waals surface area contributed by atoms with Gasteiger partial charge in [0.15, 0.2) is 0 Å². The van der Waals surface area contributed by atoms with E-state index in [1.165, 1.54) is 11.6 Å². The van der Waals surface area contributed by atoms with Gasteiger partial charge in [0.05, 0.1) is 16.1 Å². The van der Waals surface area contributed by atoms with Crippen molar-refractivity contribution in [3.8, 4) is 0 Å². The lowest BCUT2D eigenvalue weighted by atomic mass is 9.87. The Morgan fingerprint density at radius 3 is 2.35 bits per heavy atom. The van der Waals surface area contributed by atoms with E-state index in [-0.39, 0.29) is 16.3 Å². The fourth-order valence-electron chi connectivity index (χ4n) is 4.02. The van der Waals surface area contributed by atoms with Crippen molar-refractivity contribution in [3.63, 3.8) is 0 Å². The smallest absolute Gasteiger partial charge is 0.256 e. The molecule has 4 rings (SSSR count). The third-order valence-corrected chi connectivity index (χ3v) is 6.50. The molecule has 6 heteroatoms. The van der Waals surface area contributed by atoms with Crippen molar-refractivity contribution in [2.45, 2.75) is 39.2 Å². The van der Waals surface area contributed by atoms with Gasteiger partial charge in [-0.2, -0.15) is 0 Å². The van der Waals surface area contributed by atoms with Crippen molar-refractivity contribution < 1.29 is 9.18 Å². The van der Waals surface area contributed by atoms with Crippen molar-refractivity contribution in [1.82, 2.24) is 9.88 Å². The van der Waals surface area contributed by atoms with E-state index in [0.29, 0.717) is 30.1 Å². The molecule has 0 fully saturated rings. The highest BCUT2D eigenvalue weighted by Crippen LogP contribution is 2.26. The molecule has 1 amide bonds. The molecule has 1 N–H and O–H groups in total. The first kappa shape index (κ1) is 24.3. The number of amides is 1. The Hall–Kier alpha value is -2.82. The number of aromatic amines is 1. The number of rotatable bonds is 6. The number of carbonyl (C=O) groups is 1. The molecule has 0 radical (unpaired) electrons. The number of fused-ring (bicyclic) bond motifs is 1. The average Bonchev–Trinajstić information content (AvgIpc) is 3.26. The number of benzene rings is 3. The van der Waals surface area contributed by atoms with Crippen LogP contribution in [0.1, 0.15) is 47.8 Å². The molecule has 4 aromatic rings. The van der Waals surface area contributed by atoms with Crippen LogP contribution in [0.15, 0.2) is 66.9 Å². The molecule has 176 valence electrons. The van der Waals surface area contributed by atoms with E-state index in [9.17, 15) is 9.18 Å². The van der Waals surface area contributed by atoms with Crippen LogP contribution in [0.3, 0.4) is 0 Å². The number of hydrogen-bond acceptors (Lipinski definition) is 1. The van der Waals surface area contributed by atoms with Crippen LogP contribution >= 0.6 is 23.2 Å². The van der Waals surface area contributed by atoms with E-state index in [0.717, 1.165) is 22.0 Å². The average molecular weight is 497 g/mol. The number of halogens is 3. The summed E-state index contributed by atoms with van der Waals surface area (Å²) in [5, 5.41) is 1.47. The van der Waals surface area contributed by atoms with Gasteiger partial charge in [-0.25, -0.2) is 4.39 Å². The summed E-state index contributed by atoms with van der Waals surface area (Å²) in [6.07, 6.45) is 2.34. The van der Waals surface area contributed by atoms with E-state index in [2.05, 4.69) is 50.0 Å². The highest BCUT2D eigenvalue weighted by Gasteiger charge is 2.21. The fraction of sp³-hybridized carbons (Fsp3) is 0.250. The van der Waals surface area contributed by atoms with Gasteiger partial charge in [-0.1, -0.05) is 74.3 Å². The largest absolute Gasteiger partial charge is 0.361 e. The zero-order valence-corrected chi connectivity index (χ0v) is 21.0. The Morgan fingerprint density at radius 2 is 1.68 bits per heavy atom. The number of aromatic nitrogens is 1. The molecule has 34 heavy (non-hydrogen) atoms. The topological polar surface area (TPSA) is 36.1 Å². The Morgan fingerprint density at radius 1 is 0.971 bits per heavy atom. The van der Waals surface area contributed by atoms with Crippen LogP contribution in [0.5, 0.6) is 0 Å². The molecule has 0 saturated heterocycles. The van der Waals surface area contributed by atoms with Crippen LogP contribution in [0.2, 0.25) is 10.0 Å². The Kier molecular flexibility index (Phi) is 7.01. The fourth-order valence-corrected chi connectivity index (χ4v) is 4.45. The van der Waals surface area contributed by atoms with E-state index in [4.69, 9.17) is 23.2 Å². The van der Waals surface area contributed by atoms with Gasteiger partial charge in [0.2, 0.25) is 0 Å². The summed E-state index contributed by atoms with van der Waals surface area (Å²) in [5.41, 5.74) is 4.46. The normalized spacial score (nSPS) is 11.7. The Bertz CT molecular complexity index is 1320. The molecule has 0 saturated carbocycles. The van der Waals surface area contributed by atoms with Gasteiger partial charge in [0, 0.05) is 29.7 Å². The summed E-state index contributed by atoms with van der Waals surface area (Å²) in [5.74, 6) is -0.576. The maximum Gasteiger partial charge on any atom is 0.256 e. The van der Waals surface area contributed by atoms with Crippen LogP contribution in [-0.4, -0.2) is 22.3 Å². The summed E-state index contributed by atoms with van der Waals surface area (Å²) < 4.78 is 13.6. The number of nitrogens with zero attached hydrogens (tertiary/aromatic N) is 1. The maximum atomic E-state index is 13.7. The first-order valence-electron chi connectivity index (χ1n) is 11.2. The van der Waals surface area contributed by atoms with Crippen molar-refractivity contribution in [2.75, 3.05) is 6.54 Å². The summed E-state index contributed by atoms with van der Waals surface area (Å²) in [7, 11) is 0. The highest BCUT2D eigenvalue weighted by atomic mass is 35.5. The standard InChI is InChI=1S/C28H27Cl2FN2O/c1-28(2,3)21-7-4-19(5-8-21)17-33(13-11-18-6-9-25(31)24(30)14-18)27(34)23-16-22(29)15-20-10-12-32-26(20)23/h4-10,12,14-16,32H,11,13,17H2,1-3H3. The molecule has 0 aliphatic carbocycles. The molecule has 3 nitrogen and oxygen atoms in total. The quantitative estimate of drug-likeness (QED) is 0.290. The van der Waals surface area contributed by atoms with Gasteiger partial charge < -0.3 is 9.88 Å². The molecule has 0 aliphatic rings. The lowest BCUT2D eigenvalue weighted by molar-refractivity contribution is 0.0747. The Labute approximate surface area is 209 Å². The van der Waals surface area contributed by atoms with E-state index in [1.807, 2.05) is 12.1 Å². The van der Waals surface area contributed by atoms with Crippen molar-refractivity contribution in [1.29, 1.82) is 0 Å². The number of carbonyl (C=O) groups excluding carboxylic acids is 1. The van der Waals surface area contributed by atoms with Crippen molar-refractivity contribution >= 4 is 40.0 Å². The summed E-state index contributed by atoms with van der Waals surface area (Å²) in [4.78, 5) is 18.7. The minimum Gasteiger partial charge on any atom is -0.361 e. The molecule has 1 heterocycles. The van der Waals surface area contributed by atoms with Gasteiger partial charge in [0.1, 0.15) is 5.82 Å². The van der Waals surface area contributed by atoms with Crippen molar-refractivity contribution in [2.24, 2.45) is 0 Å². The van der Waals surface area contributed by atoms with Crippen LogP contribution in [-0.2, 0) is 18.4 Å². The number of H-pyrrole nitrogens is 1. The summed E-state index contributed by atoms with van der Waals surface area (Å²) >= 11 is 12.3. The molecule has 0 aliphatic heterocycles. The highest BCUT2D eigenvalue weighted by molar-refractivity contribution is 6.32. The van der Waals surface area contributed by atoms with Gasteiger partial charge in [-0.3, -0.25) is 4.79 Å². The second-order valence-corrected chi connectivity index (χ2v) is 10.4. The van der Waals surface area contributed by atoms with E-state index in [1.54, 1.807) is 29.3 Å². The molecular weight excluding hydrogens is 470 g/mol. The zero-order valence-electron chi connectivity index (χ0n) is 19.5. The SMILES string of the molecule is CC(C)(C)c1ccc(CN(CCc2ccc(F)c(Cl)c2)C(=O)c2cc(Cl)cc3cc[nH]c23)cc1. The molecule has 0 atom stereocenters. The first-order valence-corrected chi connectivity index (χ1v) is 12.0. The van der Waals surface area contributed by atoms with Crippen LogP contribution in [0, 0.1) is 5.82 Å². The Balaban J connectivity index is 1.64. The van der Waals surface area contributed by atoms with Crippen LogP contribution in [0.25, 0.3) is 10.9 Å². The number of hydrogen-bond donors (Lipinski definition) is 1. The summed E-state index contributed by atoms with van der Waals surface area (Å²) in [6.45, 7) is 7.40. The lowest BCUT2D eigenvalue weighted by Crippen LogP contribution is -2.32. The lowest BCUT2D eigenvalue weighted by Gasteiger charge is -2.25. The minimum absolute atomic E-state index is 0.0515. The molecule has 0 unspecified atom stereocenters.